The van der Waals surface area contributed by atoms with Gasteiger partial charge in [0.15, 0.2) is 6.10 Å². The third-order valence-electron chi connectivity index (χ3n) is 2.21. The number of alkyl halides is 3. The zero-order valence-corrected chi connectivity index (χ0v) is 9.13. The van der Waals surface area contributed by atoms with Crippen LogP contribution in [0.15, 0.2) is 18.2 Å². The van der Waals surface area contributed by atoms with E-state index in [0.29, 0.717) is 0 Å². The van der Waals surface area contributed by atoms with Gasteiger partial charge in [-0.25, -0.2) is 4.39 Å². The van der Waals surface area contributed by atoms with E-state index >= 15 is 0 Å². The molecule has 3 nitrogen and oxygen atoms in total. The van der Waals surface area contributed by atoms with Gasteiger partial charge in [0.1, 0.15) is 5.82 Å². The molecule has 98 valence electrons. The van der Waals surface area contributed by atoms with Crippen molar-refractivity contribution in [3.63, 3.8) is 0 Å². The van der Waals surface area contributed by atoms with Crippen molar-refractivity contribution in [1.29, 1.82) is 5.26 Å². The Hall–Kier alpha value is -1.65. The SMILES string of the molecule is N#Cc1ccc(F)c(CNCC(O)C(F)(F)F)c1. The Balaban J connectivity index is 2.57. The zero-order chi connectivity index (χ0) is 13.8. The van der Waals surface area contributed by atoms with Gasteiger partial charge in [0.25, 0.3) is 0 Å². The van der Waals surface area contributed by atoms with Gasteiger partial charge in [-0.2, -0.15) is 18.4 Å². The van der Waals surface area contributed by atoms with Crippen LogP contribution in [0.5, 0.6) is 0 Å². The molecule has 0 amide bonds. The molecular weight excluding hydrogens is 252 g/mol. The van der Waals surface area contributed by atoms with Crippen LogP contribution in [0.3, 0.4) is 0 Å². The van der Waals surface area contributed by atoms with Crippen LogP contribution in [-0.4, -0.2) is 23.9 Å². The van der Waals surface area contributed by atoms with Crippen molar-refractivity contribution >= 4 is 0 Å². The maximum atomic E-state index is 13.2. The van der Waals surface area contributed by atoms with Crippen molar-refractivity contribution in [2.24, 2.45) is 0 Å². The van der Waals surface area contributed by atoms with Crippen LogP contribution in [0.25, 0.3) is 0 Å². The second-order valence-corrected chi connectivity index (χ2v) is 3.61. The Morgan fingerprint density at radius 2 is 2.06 bits per heavy atom. The summed E-state index contributed by atoms with van der Waals surface area (Å²) in [4.78, 5) is 0. The highest BCUT2D eigenvalue weighted by Gasteiger charge is 2.37. The van der Waals surface area contributed by atoms with Crippen molar-refractivity contribution < 1.29 is 22.7 Å². The normalized spacial score (nSPS) is 13.1. The number of nitrogens with one attached hydrogen (secondary N) is 1. The molecule has 1 unspecified atom stereocenters. The highest BCUT2D eigenvalue weighted by Crippen LogP contribution is 2.19. The summed E-state index contributed by atoms with van der Waals surface area (Å²) in [5.74, 6) is -0.622. The molecule has 0 aliphatic carbocycles. The molecule has 0 radical (unpaired) electrons. The van der Waals surface area contributed by atoms with E-state index in [9.17, 15) is 17.6 Å². The molecule has 0 aliphatic rings. The molecule has 0 heterocycles. The number of halogens is 4. The predicted molar refractivity (Wildman–Crippen MR) is 54.9 cm³/mol. The first-order valence-corrected chi connectivity index (χ1v) is 4.98. The van der Waals surface area contributed by atoms with E-state index in [1.54, 1.807) is 6.07 Å². The molecule has 0 saturated carbocycles. The number of hydrogen-bond acceptors (Lipinski definition) is 3. The van der Waals surface area contributed by atoms with Crippen LogP contribution in [0, 0.1) is 17.1 Å². The third-order valence-corrected chi connectivity index (χ3v) is 2.21. The lowest BCUT2D eigenvalue weighted by molar-refractivity contribution is -0.201. The lowest BCUT2D eigenvalue weighted by atomic mass is 10.1. The molecule has 18 heavy (non-hydrogen) atoms. The van der Waals surface area contributed by atoms with E-state index in [-0.39, 0.29) is 17.7 Å². The molecule has 2 N–H and O–H groups in total. The van der Waals surface area contributed by atoms with Gasteiger partial charge in [0, 0.05) is 18.7 Å². The summed E-state index contributed by atoms with van der Waals surface area (Å²) in [6.07, 6.45) is -7.21. The number of aliphatic hydroxyl groups is 1. The zero-order valence-electron chi connectivity index (χ0n) is 9.13. The second kappa shape index (κ2) is 5.80. The molecule has 1 rings (SSSR count). The lowest BCUT2D eigenvalue weighted by Crippen LogP contribution is -2.38. The van der Waals surface area contributed by atoms with Gasteiger partial charge in [0.05, 0.1) is 11.6 Å². The topological polar surface area (TPSA) is 56.0 Å². The fraction of sp³-hybridized carbons (Fsp3) is 0.364. The van der Waals surface area contributed by atoms with Crippen molar-refractivity contribution in [2.75, 3.05) is 6.54 Å². The van der Waals surface area contributed by atoms with Crippen LogP contribution >= 0.6 is 0 Å². The molecule has 7 heteroatoms. The van der Waals surface area contributed by atoms with Gasteiger partial charge >= 0.3 is 6.18 Å². The van der Waals surface area contributed by atoms with Crippen LogP contribution < -0.4 is 5.32 Å². The number of nitriles is 1. The fourth-order valence-electron chi connectivity index (χ4n) is 1.24. The Bertz CT molecular complexity index is 453. The van der Waals surface area contributed by atoms with Crippen molar-refractivity contribution in [2.45, 2.75) is 18.8 Å². The van der Waals surface area contributed by atoms with Gasteiger partial charge in [0.2, 0.25) is 0 Å². The standard InChI is InChI=1S/C11H10F4N2O/c12-9-2-1-7(4-16)3-8(9)5-17-6-10(18)11(13,14)15/h1-3,10,17-18H,5-6H2. The Labute approximate surface area is 101 Å². The highest BCUT2D eigenvalue weighted by atomic mass is 19.4. The Morgan fingerprint density at radius 3 is 2.61 bits per heavy atom. The second-order valence-electron chi connectivity index (χ2n) is 3.61. The third kappa shape index (κ3) is 3.98. The molecule has 0 bridgehead atoms. The van der Waals surface area contributed by atoms with Crippen LogP contribution in [0.4, 0.5) is 17.6 Å². The largest absolute Gasteiger partial charge is 0.415 e. The van der Waals surface area contributed by atoms with E-state index in [0.717, 1.165) is 6.07 Å². The minimum absolute atomic E-state index is 0.0726. The fourth-order valence-corrected chi connectivity index (χ4v) is 1.24. The average Bonchev–Trinajstić information content (AvgIpc) is 2.30. The van der Waals surface area contributed by atoms with E-state index in [1.807, 2.05) is 0 Å². The first-order valence-electron chi connectivity index (χ1n) is 4.98. The summed E-state index contributed by atoms with van der Waals surface area (Å²) < 4.78 is 49.1. The van der Waals surface area contributed by atoms with E-state index < -0.39 is 24.6 Å². The van der Waals surface area contributed by atoms with Gasteiger partial charge in [-0.05, 0) is 18.2 Å². The Morgan fingerprint density at radius 1 is 1.39 bits per heavy atom. The minimum Gasteiger partial charge on any atom is -0.382 e. The number of aliphatic hydroxyl groups excluding tert-OH is 1. The monoisotopic (exact) mass is 262 g/mol. The quantitative estimate of drug-likeness (QED) is 0.812. The summed E-state index contributed by atoms with van der Waals surface area (Å²) in [5.41, 5.74) is 0.285. The minimum atomic E-state index is -4.71. The lowest BCUT2D eigenvalue weighted by Gasteiger charge is -2.15. The molecule has 1 aromatic rings. The van der Waals surface area contributed by atoms with E-state index in [4.69, 9.17) is 10.4 Å². The van der Waals surface area contributed by atoms with Gasteiger partial charge in [-0.3, -0.25) is 0 Å². The molecule has 0 fully saturated rings. The number of benzene rings is 1. The van der Waals surface area contributed by atoms with E-state index in [1.165, 1.54) is 12.1 Å². The molecule has 0 aromatic heterocycles. The van der Waals surface area contributed by atoms with Crippen molar-refractivity contribution in [1.82, 2.24) is 5.32 Å². The Kier molecular flexibility index (Phi) is 4.64. The number of hydrogen-bond donors (Lipinski definition) is 2. The highest BCUT2D eigenvalue weighted by molar-refractivity contribution is 5.33. The van der Waals surface area contributed by atoms with Crippen LogP contribution in [0.1, 0.15) is 11.1 Å². The van der Waals surface area contributed by atoms with Crippen molar-refractivity contribution in [3.05, 3.63) is 35.1 Å². The predicted octanol–water partition coefficient (Wildman–Crippen LogP) is 1.71. The summed E-state index contributed by atoms with van der Waals surface area (Å²) in [7, 11) is 0. The first-order chi connectivity index (χ1) is 8.34. The molecule has 0 aliphatic heterocycles. The number of nitrogens with zero attached hydrogens (tertiary/aromatic N) is 1. The van der Waals surface area contributed by atoms with E-state index in [2.05, 4.69) is 5.32 Å². The summed E-state index contributed by atoms with van der Waals surface area (Å²) in [6.45, 7) is -0.936. The molecule has 0 saturated heterocycles. The molecule has 1 atom stereocenters. The smallest absolute Gasteiger partial charge is 0.382 e. The maximum absolute atomic E-state index is 13.2. The summed E-state index contributed by atoms with van der Waals surface area (Å²) in [6, 6.07) is 5.37. The summed E-state index contributed by atoms with van der Waals surface area (Å²) >= 11 is 0. The molecular formula is C11H10F4N2O. The van der Waals surface area contributed by atoms with Crippen LogP contribution in [-0.2, 0) is 6.54 Å². The van der Waals surface area contributed by atoms with Gasteiger partial charge in [-0.15, -0.1) is 0 Å². The van der Waals surface area contributed by atoms with Gasteiger partial charge in [-0.1, -0.05) is 0 Å². The number of rotatable bonds is 4. The summed E-state index contributed by atoms with van der Waals surface area (Å²) in [5, 5.41) is 19.6. The van der Waals surface area contributed by atoms with Crippen LogP contribution in [0.2, 0.25) is 0 Å². The van der Waals surface area contributed by atoms with Crippen molar-refractivity contribution in [3.8, 4) is 6.07 Å². The maximum Gasteiger partial charge on any atom is 0.415 e. The molecule has 0 spiro atoms. The first kappa shape index (κ1) is 14.4. The van der Waals surface area contributed by atoms with Gasteiger partial charge < -0.3 is 10.4 Å². The average molecular weight is 262 g/mol. The molecule has 1 aromatic carbocycles.